The van der Waals surface area contributed by atoms with Crippen molar-refractivity contribution < 1.29 is 24.2 Å². The summed E-state index contributed by atoms with van der Waals surface area (Å²) in [5, 5.41) is 12.2. The Hall–Kier alpha value is -4.34. The second kappa shape index (κ2) is 10.7. The number of hydrogen-bond donors (Lipinski definition) is 2. The van der Waals surface area contributed by atoms with Crippen LogP contribution in [0.15, 0.2) is 55.0 Å². The number of rotatable bonds is 6. The lowest BCUT2D eigenvalue weighted by Crippen LogP contribution is -2.39. The Labute approximate surface area is 214 Å². The summed E-state index contributed by atoms with van der Waals surface area (Å²) >= 11 is 0. The molecule has 2 aromatic heterocycles. The van der Waals surface area contributed by atoms with Crippen LogP contribution in [-0.4, -0.2) is 56.6 Å². The monoisotopic (exact) mass is 503 g/mol. The van der Waals surface area contributed by atoms with Gasteiger partial charge in [-0.05, 0) is 45.2 Å². The van der Waals surface area contributed by atoms with Crippen LogP contribution in [0.5, 0.6) is 0 Å². The molecule has 1 amide bonds. The van der Waals surface area contributed by atoms with Crippen molar-refractivity contribution in [3.05, 3.63) is 66.2 Å². The largest absolute Gasteiger partial charge is 0.478 e. The summed E-state index contributed by atoms with van der Waals surface area (Å²) in [5.74, 6) is -1.31. The predicted octanol–water partition coefficient (Wildman–Crippen LogP) is 4.05. The van der Waals surface area contributed by atoms with E-state index in [0.717, 1.165) is 0 Å². The maximum absolute atomic E-state index is 12.7. The third-order valence-corrected chi connectivity index (χ3v) is 5.89. The average Bonchev–Trinajstić information content (AvgIpc) is 2.88. The summed E-state index contributed by atoms with van der Waals surface area (Å²) in [6.07, 6.45) is 5.59. The number of nitrogens with zero attached hydrogens (tertiary/aromatic N) is 4. The number of carbonyl (C=O) groups is 3. The highest BCUT2D eigenvalue weighted by Crippen LogP contribution is 2.26. The molecular formula is C27H29N5O5. The molecule has 1 aromatic carbocycles. The number of carboxylic acid groups (broad SMARTS) is 1. The lowest BCUT2D eigenvalue weighted by Gasteiger charge is -2.32. The normalized spacial score (nSPS) is 14.2. The maximum atomic E-state index is 12.7. The van der Waals surface area contributed by atoms with Gasteiger partial charge in [0.05, 0.1) is 23.9 Å². The standard InChI is InChI=1S/C27H29N5O5/c1-27(2,3)37-26(36)18-9-11-32(12-10-18)23-16-28-21(15-30-23)24(33)31-22-13-19(25(34)35)20(14-29-22)17-7-5-4-6-8-17/h4-8,13-16,18H,9-12H2,1-3H3,(H,34,35)(H,29,31,33). The molecule has 2 N–H and O–H groups in total. The van der Waals surface area contributed by atoms with Gasteiger partial charge in [-0.25, -0.2) is 19.7 Å². The molecule has 1 saturated heterocycles. The zero-order chi connectivity index (χ0) is 26.6. The second-order valence-corrected chi connectivity index (χ2v) is 9.80. The lowest BCUT2D eigenvalue weighted by molar-refractivity contribution is -0.160. The van der Waals surface area contributed by atoms with E-state index in [4.69, 9.17) is 4.74 Å². The first kappa shape index (κ1) is 25.7. The van der Waals surface area contributed by atoms with E-state index in [1.807, 2.05) is 43.9 Å². The van der Waals surface area contributed by atoms with Gasteiger partial charge in [-0.2, -0.15) is 0 Å². The summed E-state index contributed by atoms with van der Waals surface area (Å²) < 4.78 is 5.49. The van der Waals surface area contributed by atoms with Crippen molar-refractivity contribution in [1.82, 2.24) is 15.0 Å². The van der Waals surface area contributed by atoms with E-state index in [9.17, 15) is 19.5 Å². The summed E-state index contributed by atoms with van der Waals surface area (Å²) in [6.45, 7) is 6.82. The minimum Gasteiger partial charge on any atom is -0.478 e. The van der Waals surface area contributed by atoms with Crippen LogP contribution in [0, 0.1) is 5.92 Å². The molecule has 4 rings (SSSR count). The summed E-state index contributed by atoms with van der Waals surface area (Å²) in [7, 11) is 0. The number of piperidine rings is 1. The van der Waals surface area contributed by atoms with Gasteiger partial charge < -0.3 is 20.1 Å². The molecule has 3 heterocycles. The van der Waals surface area contributed by atoms with E-state index in [-0.39, 0.29) is 29.0 Å². The van der Waals surface area contributed by atoms with Crippen LogP contribution < -0.4 is 10.2 Å². The molecule has 192 valence electrons. The van der Waals surface area contributed by atoms with Gasteiger partial charge in [-0.15, -0.1) is 0 Å². The Balaban J connectivity index is 1.39. The molecule has 0 saturated carbocycles. The van der Waals surface area contributed by atoms with E-state index in [1.165, 1.54) is 24.7 Å². The fraction of sp³-hybridized carbons (Fsp3) is 0.333. The van der Waals surface area contributed by atoms with E-state index in [2.05, 4.69) is 20.3 Å². The maximum Gasteiger partial charge on any atom is 0.336 e. The Kier molecular flexibility index (Phi) is 7.47. The fourth-order valence-electron chi connectivity index (χ4n) is 4.06. The summed E-state index contributed by atoms with van der Waals surface area (Å²) in [5.41, 5.74) is 0.739. The summed E-state index contributed by atoms with van der Waals surface area (Å²) in [6, 6.07) is 10.4. The van der Waals surface area contributed by atoms with Crippen molar-refractivity contribution in [2.75, 3.05) is 23.3 Å². The number of pyridine rings is 1. The Morgan fingerprint density at radius 1 is 1.00 bits per heavy atom. The quantitative estimate of drug-likeness (QED) is 0.478. The zero-order valence-corrected chi connectivity index (χ0v) is 21.0. The molecule has 0 spiro atoms. The molecule has 1 aliphatic heterocycles. The predicted molar refractivity (Wildman–Crippen MR) is 137 cm³/mol. The number of ether oxygens (including phenoxy) is 1. The molecule has 0 unspecified atom stereocenters. The van der Waals surface area contributed by atoms with Crippen LogP contribution in [0.3, 0.4) is 0 Å². The van der Waals surface area contributed by atoms with Gasteiger partial charge in [-0.3, -0.25) is 9.59 Å². The Morgan fingerprint density at radius 3 is 2.30 bits per heavy atom. The molecule has 1 fully saturated rings. The molecule has 37 heavy (non-hydrogen) atoms. The third-order valence-electron chi connectivity index (χ3n) is 5.89. The van der Waals surface area contributed by atoms with E-state index in [0.29, 0.717) is 42.9 Å². The van der Waals surface area contributed by atoms with Gasteiger partial charge in [-0.1, -0.05) is 30.3 Å². The van der Waals surface area contributed by atoms with Crippen LogP contribution in [0.2, 0.25) is 0 Å². The van der Waals surface area contributed by atoms with Crippen molar-refractivity contribution in [2.45, 2.75) is 39.2 Å². The molecule has 0 aliphatic carbocycles. The van der Waals surface area contributed by atoms with Crippen LogP contribution in [-0.2, 0) is 9.53 Å². The number of carboxylic acids is 1. The first-order chi connectivity index (χ1) is 17.6. The van der Waals surface area contributed by atoms with Gasteiger partial charge in [0.2, 0.25) is 0 Å². The highest BCUT2D eigenvalue weighted by molar-refractivity contribution is 6.03. The van der Waals surface area contributed by atoms with E-state index in [1.54, 1.807) is 12.1 Å². The topological polar surface area (TPSA) is 135 Å². The van der Waals surface area contributed by atoms with Gasteiger partial charge in [0.25, 0.3) is 5.91 Å². The smallest absolute Gasteiger partial charge is 0.336 e. The fourth-order valence-corrected chi connectivity index (χ4v) is 4.06. The number of hydrogen-bond acceptors (Lipinski definition) is 8. The minimum absolute atomic E-state index is 0.0210. The number of aromatic carboxylic acids is 1. The molecule has 1 aliphatic rings. The molecule has 3 aromatic rings. The molecule has 10 nitrogen and oxygen atoms in total. The van der Waals surface area contributed by atoms with Gasteiger partial charge in [0.15, 0.2) is 0 Å². The van der Waals surface area contributed by atoms with Gasteiger partial charge in [0, 0.05) is 24.8 Å². The highest BCUT2D eigenvalue weighted by atomic mass is 16.6. The number of nitrogens with one attached hydrogen (secondary N) is 1. The van der Waals surface area contributed by atoms with Crippen LogP contribution >= 0.6 is 0 Å². The van der Waals surface area contributed by atoms with Crippen molar-refractivity contribution in [2.24, 2.45) is 5.92 Å². The highest BCUT2D eigenvalue weighted by Gasteiger charge is 2.29. The zero-order valence-electron chi connectivity index (χ0n) is 21.0. The van der Waals surface area contributed by atoms with E-state index < -0.39 is 17.5 Å². The van der Waals surface area contributed by atoms with Gasteiger partial charge >= 0.3 is 11.9 Å². The van der Waals surface area contributed by atoms with E-state index >= 15 is 0 Å². The van der Waals surface area contributed by atoms with Crippen LogP contribution in [0.25, 0.3) is 11.1 Å². The Morgan fingerprint density at radius 2 is 1.70 bits per heavy atom. The number of anilines is 2. The molecule has 0 bridgehead atoms. The number of amides is 1. The molecular weight excluding hydrogens is 474 g/mol. The number of esters is 1. The van der Waals surface area contributed by atoms with Crippen LogP contribution in [0.1, 0.15) is 54.5 Å². The first-order valence-corrected chi connectivity index (χ1v) is 12.0. The SMILES string of the molecule is CC(C)(C)OC(=O)C1CCN(c2cnc(C(=O)Nc3cc(C(=O)O)c(-c4ccccc4)cn3)cn2)CC1. The molecule has 10 heteroatoms. The Bertz CT molecular complexity index is 1280. The van der Waals surface area contributed by atoms with Crippen molar-refractivity contribution in [1.29, 1.82) is 0 Å². The summed E-state index contributed by atoms with van der Waals surface area (Å²) in [4.78, 5) is 51.7. The van der Waals surface area contributed by atoms with Crippen molar-refractivity contribution >= 4 is 29.5 Å². The lowest BCUT2D eigenvalue weighted by atomic mass is 9.96. The second-order valence-electron chi connectivity index (χ2n) is 9.80. The average molecular weight is 504 g/mol. The minimum atomic E-state index is -1.13. The number of carbonyl (C=O) groups excluding carboxylic acids is 2. The third kappa shape index (κ3) is 6.46. The van der Waals surface area contributed by atoms with Gasteiger partial charge in [0.1, 0.15) is 22.9 Å². The van der Waals surface area contributed by atoms with Crippen molar-refractivity contribution in [3.63, 3.8) is 0 Å². The molecule has 0 atom stereocenters. The number of aromatic nitrogens is 3. The number of benzene rings is 1. The first-order valence-electron chi connectivity index (χ1n) is 12.0. The molecule has 0 radical (unpaired) electrons. The van der Waals surface area contributed by atoms with Crippen molar-refractivity contribution in [3.8, 4) is 11.1 Å². The van der Waals surface area contributed by atoms with Crippen LogP contribution in [0.4, 0.5) is 11.6 Å².